The first-order chi connectivity index (χ1) is 9.22. The van der Waals surface area contributed by atoms with Crippen LogP contribution in [0.1, 0.15) is 19.8 Å². The monoisotopic (exact) mass is 275 g/mol. The van der Waals surface area contributed by atoms with Crippen LogP contribution in [0.3, 0.4) is 0 Å². The molecule has 1 amide bonds. The van der Waals surface area contributed by atoms with E-state index in [-0.39, 0.29) is 5.91 Å². The Balaban J connectivity index is 1.64. The van der Waals surface area contributed by atoms with E-state index in [2.05, 4.69) is 28.5 Å². The summed E-state index contributed by atoms with van der Waals surface area (Å²) in [7, 11) is 0. The van der Waals surface area contributed by atoms with Crippen LogP contribution in [0.5, 0.6) is 0 Å². The third-order valence-corrected chi connectivity index (χ3v) is 4.43. The fraction of sp³-hybridized carbons (Fsp3) is 0.429. The highest BCUT2D eigenvalue weighted by atomic mass is 32.1. The highest BCUT2D eigenvalue weighted by molar-refractivity contribution is 7.16. The minimum atomic E-state index is 0.185. The predicted octanol–water partition coefficient (Wildman–Crippen LogP) is 2.72. The van der Waals surface area contributed by atoms with Gasteiger partial charge in [0, 0.05) is 31.7 Å². The molecule has 0 unspecified atom stereocenters. The van der Waals surface area contributed by atoms with Gasteiger partial charge in [-0.15, -0.1) is 11.3 Å². The largest absolute Gasteiger partial charge is 0.382 e. The molecule has 0 aliphatic carbocycles. The number of likely N-dealkylation sites (tertiary alicyclic amines) is 1. The van der Waals surface area contributed by atoms with Crippen molar-refractivity contribution in [1.29, 1.82) is 0 Å². The number of hydrogen-bond acceptors (Lipinski definition) is 4. The van der Waals surface area contributed by atoms with Gasteiger partial charge in [-0.25, -0.2) is 4.98 Å². The van der Waals surface area contributed by atoms with Crippen molar-refractivity contribution in [3.63, 3.8) is 0 Å². The number of hydrogen-bond donors (Lipinski definition) is 1. The van der Waals surface area contributed by atoms with Crippen molar-refractivity contribution >= 4 is 33.1 Å². The molecule has 100 valence electrons. The molecule has 1 saturated heterocycles. The lowest BCUT2D eigenvalue weighted by molar-refractivity contribution is -0.129. The number of piperidine rings is 1. The van der Waals surface area contributed by atoms with E-state index in [4.69, 9.17) is 0 Å². The molecule has 1 aliphatic rings. The van der Waals surface area contributed by atoms with E-state index < -0.39 is 0 Å². The third-order valence-electron chi connectivity index (χ3n) is 3.64. The van der Waals surface area contributed by atoms with Gasteiger partial charge in [-0.05, 0) is 31.0 Å². The van der Waals surface area contributed by atoms with Gasteiger partial charge in [0.25, 0.3) is 0 Å². The van der Waals surface area contributed by atoms with E-state index in [0.29, 0.717) is 6.04 Å². The average molecular weight is 275 g/mol. The van der Waals surface area contributed by atoms with Gasteiger partial charge < -0.3 is 10.2 Å². The van der Waals surface area contributed by atoms with Crippen LogP contribution in [-0.4, -0.2) is 34.9 Å². The molecule has 1 N–H and O–H groups in total. The highest BCUT2D eigenvalue weighted by Gasteiger charge is 2.20. The second-order valence-electron chi connectivity index (χ2n) is 4.96. The quantitative estimate of drug-likeness (QED) is 0.916. The highest BCUT2D eigenvalue weighted by Crippen LogP contribution is 2.23. The molecule has 0 atom stereocenters. The van der Waals surface area contributed by atoms with Crippen molar-refractivity contribution < 1.29 is 4.79 Å². The number of rotatable bonds is 2. The number of thiazole rings is 1. The minimum absolute atomic E-state index is 0.185. The SMILES string of the molecule is CC(=O)N1CCC(Nc2ccc3ncsc3c2)CC1. The van der Waals surface area contributed by atoms with Crippen LogP contribution in [0.2, 0.25) is 0 Å². The lowest BCUT2D eigenvalue weighted by Gasteiger charge is -2.32. The van der Waals surface area contributed by atoms with Crippen molar-refractivity contribution in [2.45, 2.75) is 25.8 Å². The Kier molecular flexibility index (Phi) is 3.38. The first-order valence-corrected chi connectivity index (χ1v) is 7.45. The zero-order valence-corrected chi connectivity index (χ0v) is 11.7. The second-order valence-corrected chi connectivity index (χ2v) is 5.85. The Morgan fingerprint density at radius 2 is 2.21 bits per heavy atom. The molecule has 3 rings (SSSR count). The molecule has 1 aromatic carbocycles. The molecular weight excluding hydrogens is 258 g/mol. The van der Waals surface area contributed by atoms with E-state index in [0.717, 1.165) is 37.1 Å². The van der Waals surface area contributed by atoms with Gasteiger partial charge in [0.2, 0.25) is 5.91 Å². The predicted molar refractivity (Wildman–Crippen MR) is 78.5 cm³/mol. The van der Waals surface area contributed by atoms with Crippen LogP contribution in [0, 0.1) is 0 Å². The Labute approximate surface area is 116 Å². The molecule has 1 aliphatic heterocycles. The van der Waals surface area contributed by atoms with Crippen LogP contribution in [0.4, 0.5) is 5.69 Å². The Bertz CT molecular complexity index is 587. The summed E-state index contributed by atoms with van der Waals surface area (Å²) < 4.78 is 1.21. The summed E-state index contributed by atoms with van der Waals surface area (Å²) in [4.78, 5) is 17.5. The van der Waals surface area contributed by atoms with Gasteiger partial charge >= 0.3 is 0 Å². The lowest BCUT2D eigenvalue weighted by atomic mass is 10.0. The number of nitrogens with one attached hydrogen (secondary N) is 1. The fourth-order valence-corrected chi connectivity index (χ4v) is 3.24. The van der Waals surface area contributed by atoms with Crippen molar-refractivity contribution in [2.24, 2.45) is 0 Å². The molecule has 0 radical (unpaired) electrons. The summed E-state index contributed by atoms with van der Waals surface area (Å²) in [5.41, 5.74) is 4.08. The van der Waals surface area contributed by atoms with Crippen LogP contribution < -0.4 is 5.32 Å². The van der Waals surface area contributed by atoms with E-state index in [9.17, 15) is 4.79 Å². The summed E-state index contributed by atoms with van der Waals surface area (Å²) in [6.07, 6.45) is 2.03. The number of aromatic nitrogens is 1. The number of anilines is 1. The Morgan fingerprint density at radius 1 is 1.42 bits per heavy atom. The van der Waals surface area contributed by atoms with Gasteiger partial charge in [-0.3, -0.25) is 4.79 Å². The summed E-state index contributed by atoms with van der Waals surface area (Å²) >= 11 is 1.66. The van der Waals surface area contributed by atoms with E-state index >= 15 is 0 Å². The molecule has 2 heterocycles. The third kappa shape index (κ3) is 2.71. The standard InChI is InChI=1S/C14H17N3OS/c1-10(18)17-6-4-11(5-7-17)16-12-2-3-13-14(8-12)19-9-15-13/h2-3,8-9,11,16H,4-7H2,1H3. The van der Waals surface area contributed by atoms with Crippen molar-refractivity contribution in [3.05, 3.63) is 23.7 Å². The molecule has 19 heavy (non-hydrogen) atoms. The molecule has 1 fully saturated rings. The molecule has 2 aromatic rings. The van der Waals surface area contributed by atoms with E-state index in [1.165, 1.54) is 4.70 Å². The van der Waals surface area contributed by atoms with Crippen LogP contribution >= 0.6 is 11.3 Å². The molecule has 1 aromatic heterocycles. The smallest absolute Gasteiger partial charge is 0.219 e. The molecule has 4 nitrogen and oxygen atoms in total. The maximum absolute atomic E-state index is 11.3. The average Bonchev–Trinajstić information content (AvgIpc) is 2.87. The van der Waals surface area contributed by atoms with Crippen molar-refractivity contribution in [1.82, 2.24) is 9.88 Å². The molecule has 5 heteroatoms. The lowest BCUT2D eigenvalue weighted by Crippen LogP contribution is -2.41. The molecule has 0 saturated carbocycles. The number of nitrogens with zero attached hydrogens (tertiary/aromatic N) is 2. The summed E-state index contributed by atoms with van der Waals surface area (Å²) in [6, 6.07) is 6.75. The maximum Gasteiger partial charge on any atom is 0.219 e. The van der Waals surface area contributed by atoms with Gasteiger partial charge in [-0.2, -0.15) is 0 Å². The van der Waals surface area contributed by atoms with Gasteiger partial charge in [0.1, 0.15) is 0 Å². The number of carbonyl (C=O) groups excluding carboxylic acids is 1. The van der Waals surface area contributed by atoms with E-state index in [1.54, 1.807) is 18.3 Å². The van der Waals surface area contributed by atoms with Crippen LogP contribution in [0.25, 0.3) is 10.2 Å². The normalized spacial score (nSPS) is 16.8. The van der Waals surface area contributed by atoms with Crippen molar-refractivity contribution in [3.8, 4) is 0 Å². The first kappa shape index (κ1) is 12.4. The van der Waals surface area contributed by atoms with Crippen LogP contribution in [0.15, 0.2) is 23.7 Å². The topological polar surface area (TPSA) is 45.2 Å². The second kappa shape index (κ2) is 5.17. The number of fused-ring (bicyclic) bond motifs is 1. The van der Waals surface area contributed by atoms with Gasteiger partial charge in [-0.1, -0.05) is 0 Å². The van der Waals surface area contributed by atoms with E-state index in [1.807, 2.05) is 10.4 Å². The summed E-state index contributed by atoms with van der Waals surface area (Å²) in [5, 5.41) is 3.56. The fourth-order valence-electron chi connectivity index (χ4n) is 2.52. The molecule has 0 spiro atoms. The summed E-state index contributed by atoms with van der Waals surface area (Å²) in [5.74, 6) is 0.185. The zero-order chi connectivity index (χ0) is 13.2. The number of benzene rings is 1. The van der Waals surface area contributed by atoms with Crippen molar-refractivity contribution in [2.75, 3.05) is 18.4 Å². The Morgan fingerprint density at radius 3 is 2.95 bits per heavy atom. The van der Waals surface area contributed by atoms with Crippen LogP contribution in [-0.2, 0) is 4.79 Å². The van der Waals surface area contributed by atoms with Gasteiger partial charge in [0.15, 0.2) is 0 Å². The van der Waals surface area contributed by atoms with Gasteiger partial charge in [0.05, 0.1) is 15.7 Å². The molecule has 0 bridgehead atoms. The minimum Gasteiger partial charge on any atom is -0.382 e. The number of carbonyl (C=O) groups is 1. The number of amides is 1. The molecular formula is C14H17N3OS. The zero-order valence-electron chi connectivity index (χ0n) is 10.9. The first-order valence-electron chi connectivity index (χ1n) is 6.58. The maximum atomic E-state index is 11.3. The summed E-state index contributed by atoms with van der Waals surface area (Å²) in [6.45, 7) is 3.36. The Hall–Kier alpha value is -1.62.